The van der Waals surface area contributed by atoms with Gasteiger partial charge in [0.2, 0.25) is 11.8 Å². The van der Waals surface area contributed by atoms with Crippen LogP contribution in [-0.2, 0) is 0 Å². The Labute approximate surface area is 135 Å². The van der Waals surface area contributed by atoms with Gasteiger partial charge < -0.3 is 10.1 Å². The number of halogens is 1. The van der Waals surface area contributed by atoms with E-state index in [2.05, 4.69) is 31.2 Å². The molecule has 0 saturated heterocycles. The number of aryl methyl sites for hydroxylation is 1. The van der Waals surface area contributed by atoms with Crippen LogP contribution in [0.3, 0.4) is 0 Å². The second kappa shape index (κ2) is 5.99. The molecule has 0 bridgehead atoms. The van der Waals surface area contributed by atoms with Gasteiger partial charge in [0.1, 0.15) is 10.6 Å². The maximum absolute atomic E-state index is 5.97. The first-order valence-electron chi connectivity index (χ1n) is 6.60. The molecule has 0 radical (unpaired) electrons. The topological polar surface area (TPSA) is 47.0 Å². The summed E-state index contributed by atoms with van der Waals surface area (Å²) >= 11 is 5.07. The van der Waals surface area contributed by atoms with Crippen molar-refractivity contribution in [3.8, 4) is 11.6 Å². The van der Waals surface area contributed by atoms with Gasteiger partial charge in [-0.1, -0.05) is 15.9 Å². The van der Waals surface area contributed by atoms with Gasteiger partial charge in [-0.15, -0.1) is 11.3 Å². The van der Waals surface area contributed by atoms with Crippen molar-refractivity contribution in [2.24, 2.45) is 0 Å². The number of thiophene rings is 1. The van der Waals surface area contributed by atoms with Gasteiger partial charge in [0, 0.05) is 11.0 Å². The first-order chi connectivity index (χ1) is 10.2. The molecule has 1 aromatic carbocycles. The zero-order chi connectivity index (χ0) is 14.8. The van der Waals surface area contributed by atoms with Crippen LogP contribution in [0.2, 0.25) is 0 Å². The van der Waals surface area contributed by atoms with E-state index in [0.29, 0.717) is 11.8 Å². The number of ether oxygens (including phenoxy) is 1. The van der Waals surface area contributed by atoms with E-state index in [0.717, 1.165) is 32.5 Å². The largest absolute Gasteiger partial charge is 0.438 e. The fourth-order valence-corrected chi connectivity index (χ4v) is 2.94. The molecule has 2 aromatic heterocycles. The van der Waals surface area contributed by atoms with E-state index in [4.69, 9.17) is 4.74 Å². The molecule has 6 heteroatoms. The number of anilines is 1. The summed E-state index contributed by atoms with van der Waals surface area (Å²) in [6.07, 6.45) is 0. The third kappa shape index (κ3) is 3.01. The summed E-state index contributed by atoms with van der Waals surface area (Å²) in [5.74, 6) is 1.94. The predicted octanol–water partition coefficient (Wildman–Crippen LogP) is 4.99. The van der Waals surface area contributed by atoms with Crippen molar-refractivity contribution in [1.29, 1.82) is 0 Å². The number of rotatable bonds is 4. The van der Waals surface area contributed by atoms with Gasteiger partial charge in [0.15, 0.2) is 0 Å². The Morgan fingerprint density at radius 3 is 2.90 bits per heavy atom. The number of hydrogen-bond acceptors (Lipinski definition) is 5. The van der Waals surface area contributed by atoms with Crippen molar-refractivity contribution in [3.05, 3.63) is 39.7 Å². The highest BCUT2D eigenvalue weighted by atomic mass is 79.9. The van der Waals surface area contributed by atoms with Crippen molar-refractivity contribution in [2.45, 2.75) is 13.8 Å². The van der Waals surface area contributed by atoms with E-state index in [1.807, 2.05) is 43.5 Å². The molecule has 0 fully saturated rings. The highest BCUT2D eigenvalue weighted by Crippen LogP contribution is 2.32. The molecule has 0 atom stereocenters. The molecule has 1 N–H and O–H groups in total. The molecule has 4 nitrogen and oxygen atoms in total. The summed E-state index contributed by atoms with van der Waals surface area (Å²) in [7, 11) is 0. The number of aromatic nitrogens is 2. The number of fused-ring (bicyclic) bond motifs is 1. The molecule has 0 saturated carbocycles. The number of nitrogens with one attached hydrogen (secondary N) is 1. The zero-order valence-corrected chi connectivity index (χ0v) is 14.1. The molecule has 0 amide bonds. The smallest absolute Gasteiger partial charge is 0.232 e. The van der Waals surface area contributed by atoms with Gasteiger partial charge in [-0.25, -0.2) is 4.98 Å². The number of nitrogens with zero attached hydrogens (tertiary/aromatic N) is 2. The second-order valence-electron chi connectivity index (χ2n) is 4.54. The second-order valence-corrected chi connectivity index (χ2v) is 6.28. The van der Waals surface area contributed by atoms with Crippen LogP contribution in [0.25, 0.3) is 10.2 Å². The summed E-state index contributed by atoms with van der Waals surface area (Å²) in [4.78, 5) is 9.85. The quantitative estimate of drug-likeness (QED) is 0.709. The Hall–Kier alpha value is -1.66. The molecule has 108 valence electrons. The average Bonchev–Trinajstić information content (AvgIpc) is 2.92. The number of benzene rings is 1. The molecule has 21 heavy (non-hydrogen) atoms. The van der Waals surface area contributed by atoms with E-state index in [1.54, 1.807) is 11.3 Å². The lowest BCUT2D eigenvalue weighted by Crippen LogP contribution is -2.02. The minimum atomic E-state index is 0.582. The Morgan fingerprint density at radius 1 is 1.29 bits per heavy atom. The van der Waals surface area contributed by atoms with Crippen LogP contribution in [0.5, 0.6) is 11.6 Å². The predicted molar refractivity (Wildman–Crippen MR) is 90.5 cm³/mol. The van der Waals surface area contributed by atoms with Crippen molar-refractivity contribution in [3.63, 3.8) is 0 Å². The lowest BCUT2D eigenvalue weighted by atomic mass is 10.2. The van der Waals surface area contributed by atoms with Gasteiger partial charge in [-0.05, 0) is 49.1 Å². The third-order valence-corrected chi connectivity index (χ3v) is 4.67. The molecule has 0 aliphatic rings. The first kappa shape index (κ1) is 14.3. The van der Waals surface area contributed by atoms with Gasteiger partial charge in [0.05, 0.1) is 5.39 Å². The lowest BCUT2D eigenvalue weighted by molar-refractivity contribution is 0.468. The molecule has 0 aliphatic carbocycles. The normalized spacial score (nSPS) is 10.8. The van der Waals surface area contributed by atoms with Crippen LogP contribution in [0.4, 0.5) is 5.95 Å². The Morgan fingerprint density at radius 2 is 2.14 bits per heavy atom. The maximum Gasteiger partial charge on any atom is 0.232 e. The highest BCUT2D eigenvalue weighted by Gasteiger charge is 2.11. The summed E-state index contributed by atoms with van der Waals surface area (Å²) in [6.45, 7) is 4.81. The molecule has 3 aromatic rings. The molecular weight excluding hydrogens is 350 g/mol. The van der Waals surface area contributed by atoms with Crippen molar-refractivity contribution in [1.82, 2.24) is 9.97 Å². The Balaban J connectivity index is 2.01. The van der Waals surface area contributed by atoms with Crippen LogP contribution in [0.15, 0.2) is 34.1 Å². The van der Waals surface area contributed by atoms with Crippen LogP contribution >= 0.6 is 27.3 Å². The average molecular weight is 364 g/mol. The van der Waals surface area contributed by atoms with Crippen LogP contribution < -0.4 is 10.1 Å². The van der Waals surface area contributed by atoms with E-state index >= 15 is 0 Å². The van der Waals surface area contributed by atoms with E-state index in [1.165, 1.54) is 0 Å². The maximum atomic E-state index is 5.97. The molecule has 0 unspecified atom stereocenters. The highest BCUT2D eigenvalue weighted by molar-refractivity contribution is 9.10. The van der Waals surface area contributed by atoms with Crippen molar-refractivity contribution in [2.75, 3.05) is 11.9 Å². The van der Waals surface area contributed by atoms with Crippen LogP contribution in [0.1, 0.15) is 12.5 Å². The van der Waals surface area contributed by atoms with Crippen LogP contribution in [-0.4, -0.2) is 16.5 Å². The molecule has 0 spiro atoms. The van der Waals surface area contributed by atoms with Gasteiger partial charge >= 0.3 is 0 Å². The minimum Gasteiger partial charge on any atom is -0.438 e. The number of hydrogen-bond donors (Lipinski definition) is 1. The molecular formula is C15H14BrN3OS. The monoisotopic (exact) mass is 363 g/mol. The van der Waals surface area contributed by atoms with E-state index in [-0.39, 0.29) is 0 Å². The summed E-state index contributed by atoms with van der Waals surface area (Å²) in [6, 6.07) is 7.86. The Bertz CT molecular complexity index is 788. The molecule has 2 heterocycles. The first-order valence-corrected chi connectivity index (χ1v) is 8.27. The summed E-state index contributed by atoms with van der Waals surface area (Å²) in [5.41, 5.74) is 1.12. The summed E-state index contributed by atoms with van der Waals surface area (Å²) in [5, 5.41) is 6.06. The van der Waals surface area contributed by atoms with Gasteiger partial charge in [0.25, 0.3) is 0 Å². The fourth-order valence-electron chi connectivity index (χ4n) is 1.94. The SMILES string of the molecule is CCNc1nc(Oc2ccc(Br)c(C)c2)c2ccsc2n1. The lowest BCUT2D eigenvalue weighted by Gasteiger charge is -2.09. The fraction of sp³-hybridized carbons (Fsp3) is 0.200. The minimum absolute atomic E-state index is 0.582. The zero-order valence-electron chi connectivity index (χ0n) is 11.7. The van der Waals surface area contributed by atoms with Crippen LogP contribution in [0, 0.1) is 6.92 Å². The van der Waals surface area contributed by atoms with Gasteiger partial charge in [-0.2, -0.15) is 4.98 Å². The Kier molecular flexibility index (Phi) is 4.07. The van der Waals surface area contributed by atoms with Crippen molar-refractivity contribution >= 4 is 43.4 Å². The molecule has 3 rings (SSSR count). The van der Waals surface area contributed by atoms with Crippen molar-refractivity contribution < 1.29 is 4.74 Å². The van der Waals surface area contributed by atoms with E-state index in [9.17, 15) is 0 Å². The third-order valence-electron chi connectivity index (χ3n) is 2.97. The van der Waals surface area contributed by atoms with Gasteiger partial charge in [-0.3, -0.25) is 0 Å². The summed E-state index contributed by atoms with van der Waals surface area (Å²) < 4.78 is 7.03. The standard InChI is InChI=1S/C15H14BrN3OS/c1-3-17-15-18-13(11-6-7-21-14(11)19-15)20-10-4-5-12(16)9(2)8-10/h4-8H,3H2,1-2H3,(H,17,18,19). The molecule has 0 aliphatic heterocycles. The van der Waals surface area contributed by atoms with E-state index < -0.39 is 0 Å².